The second kappa shape index (κ2) is 7.89. The van der Waals surface area contributed by atoms with E-state index in [9.17, 15) is 14.7 Å². The van der Waals surface area contributed by atoms with Gasteiger partial charge in [0.15, 0.2) is 0 Å². The monoisotopic (exact) mass is 332 g/mol. The normalized spacial score (nSPS) is 13.2. The SMILES string of the molecule is Cc1ccccc1C(O)CNC(=O)C(C)NC(=O)c1cccs1. The summed E-state index contributed by atoms with van der Waals surface area (Å²) in [6, 6.07) is 10.3. The van der Waals surface area contributed by atoms with Crippen molar-refractivity contribution in [2.24, 2.45) is 0 Å². The van der Waals surface area contributed by atoms with E-state index in [0.717, 1.165) is 11.1 Å². The van der Waals surface area contributed by atoms with Gasteiger partial charge < -0.3 is 15.7 Å². The third kappa shape index (κ3) is 4.64. The summed E-state index contributed by atoms with van der Waals surface area (Å²) >= 11 is 1.32. The van der Waals surface area contributed by atoms with Crippen LogP contribution in [0.2, 0.25) is 0 Å². The minimum Gasteiger partial charge on any atom is -0.387 e. The maximum Gasteiger partial charge on any atom is 0.261 e. The minimum atomic E-state index is -0.777. The molecule has 1 aromatic heterocycles. The number of nitrogens with one attached hydrogen (secondary N) is 2. The van der Waals surface area contributed by atoms with Crippen molar-refractivity contribution in [3.63, 3.8) is 0 Å². The van der Waals surface area contributed by atoms with E-state index >= 15 is 0 Å². The Bertz CT molecular complexity index is 670. The van der Waals surface area contributed by atoms with Gasteiger partial charge in [-0.2, -0.15) is 0 Å². The molecule has 0 aliphatic rings. The molecule has 0 spiro atoms. The predicted octanol–water partition coefficient (Wildman–Crippen LogP) is 2.02. The van der Waals surface area contributed by atoms with Crippen LogP contribution in [0, 0.1) is 6.92 Å². The van der Waals surface area contributed by atoms with Crippen LogP contribution in [0.3, 0.4) is 0 Å². The molecule has 3 N–H and O–H groups in total. The number of aliphatic hydroxyl groups is 1. The van der Waals surface area contributed by atoms with Crippen molar-refractivity contribution in [1.29, 1.82) is 0 Å². The summed E-state index contributed by atoms with van der Waals surface area (Å²) in [5.41, 5.74) is 1.75. The number of amides is 2. The van der Waals surface area contributed by atoms with Crippen molar-refractivity contribution in [3.05, 3.63) is 57.8 Å². The van der Waals surface area contributed by atoms with Crippen molar-refractivity contribution in [2.75, 3.05) is 6.54 Å². The number of carbonyl (C=O) groups excluding carboxylic acids is 2. The molecule has 23 heavy (non-hydrogen) atoms. The number of aliphatic hydroxyl groups excluding tert-OH is 1. The molecule has 1 aromatic carbocycles. The van der Waals surface area contributed by atoms with E-state index in [1.165, 1.54) is 11.3 Å². The van der Waals surface area contributed by atoms with Gasteiger partial charge in [-0.1, -0.05) is 30.3 Å². The molecular weight excluding hydrogens is 312 g/mol. The molecule has 2 unspecified atom stereocenters. The highest BCUT2D eigenvalue weighted by atomic mass is 32.1. The Morgan fingerprint density at radius 1 is 1.22 bits per heavy atom. The van der Waals surface area contributed by atoms with Crippen LogP contribution >= 0.6 is 11.3 Å². The highest BCUT2D eigenvalue weighted by Crippen LogP contribution is 2.16. The molecule has 2 rings (SSSR count). The maximum atomic E-state index is 12.0. The summed E-state index contributed by atoms with van der Waals surface area (Å²) < 4.78 is 0. The van der Waals surface area contributed by atoms with E-state index in [2.05, 4.69) is 10.6 Å². The molecule has 2 aromatic rings. The van der Waals surface area contributed by atoms with E-state index < -0.39 is 12.1 Å². The lowest BCUT2D eigenvalue weighted by molar-refractivity contribution is -0.123. The van der Waals surface area contributed by atoms with Gasteiger partial charge in [0.05, 0.1) is 11.0 Å². The van der Waals surface area contributed by atoms with E-state index in [1.54, 1.807) is 24.4 Å². The number of hydrogen-bond donors (Lipinski definition) is 3. The van der Waals surface area contributed by atoms with Crippen LogP contribution in [0.4, 0.5) is 0 Å². The van der Waals surface area contributed by atoms with Gasteiger partial charge >= 0.3 is 0 Å². The van der Waals surface area contributed by atoms with Crippen LogP contribution in [0.5, 0.6) is 0 Å². The summed E-state index contributed by atoms with van der Waals surface area (Å²) in [4.78, 5) is 24.5. The third-order valence-corrected chi connectivity index (χ3v) is 4.37. The fraction of sp³-hybridized carbons (Fsp3) is 0.294. The Balaban J connectivity index is 1.84. The largest absolute Gasteiger partial charge is 0.387 e. The fourth-order valence-corrected chi connectivity index (χ4v) is 2.79. The molecule has 0 saturated carbocycles. The summed E-state index contributed by atoms with van der Waals surface area (Å²) in [5.74, 6) is -0.607. The number of benzene rings is 1. The van der Waals surface area contributed by atoms with Crippen molar-refractivity contribution < 1.29 is 14.7 Å². The minimum absolute atomic E-state index is 0.100. The van der Waals surface area contributed by atoms with Crippen molar-refractivity contribution in [3.8, 4) is 0 Å². The van der Waals surface area contributed by atoms with Crippen LogP contribution in [0.25, 0.3) is 0 Å². The number of thiophene rings is 1. The number of aryl methyl sites for hydroxylation is 1. The van der Waals surface area contributed by atoms with Crippen molar-refractivity contribution in [2.45, 2.75) is 26.0 Å². The summed E-state index contributed by atoms with van der Waals surface area (Å²) in [6.45, 7) is 3.62. The topological polar surface area (TPSA) is 78.4 Å². The van der Waals surface area contributed by atoms with E-state index in [1.807, 2.05) is 31.2 Å². The zero-order valence-corrected chi connectivity index (χ0v) is 13.9. The van der Waals surface area contributed by atoms with E-state index in [-0.39, 0.29) is 18.4 Å². The maximum absolute atomic E-state index is 12.0. The smallest absolute Gasteiger partial charge is 0.261 e. The number of carbonyl (C=O) groups is 2. The van der Waals surface area contributed by atoms with E-state index in [0.29, 0.717) is 4.88 Å². The second-order valence-electron chi connectivity index (χ2n) is 5.29. The van der Waals surface area contributed by atoms with Crippen LogP contribution in [-0.2, 0) is 4.79 Å². The number of rotatable bonds is 6. The molecule has 122 valence electrons. The second-order valence-corrected chi connectivity index (χ2v) is 6.24. The molecule has 0 aliphatic heterocycles. The van der Waals surface area contributed by atoms with Gasteiger partial charge in [0.1, 0.15) is 6.04 Å². The van der Waals surface area contributed by atoms with Gasteiger partial charge in [0, 0.05) is 6.54 Å². The first kappa shape index (κ1) is 17.2. The lowest BCUT2D eigenvalue weighted by Gasteiger charge is -2.17. The van der Waals surface area contributed by atoms with Gasteiger partial charge in [-0.15, -0.1) is 11.3 Å². The third-order valence-electron chi connectivity index (χ3n) is 3.50. The Morgan fingerprint density at radius 3 is 2.61 bits per heavy atom. The van der Waals surface area contributed by atoms with Crippen LogP contribution in [0.1, 0.15) is 33.8 Å². The summed E-state index contributed by atoms with van der Waals surface area (Å²) in [7, 11) is 0. The number of hydrogen-bond acceptors (Lipinski definition) is 4. The summed E-state index contributed by atoms with van der Waals surface area (Å²) in [5, 5.41) is 17.3. The van der Waals surface area contributed by atoms with E-state index in [4.69, 9.17) is 0 Å². The van der Waals surface area contributed by atoms with Crippen LogP contribution in [0.15, 0.2) is 41.8 Å². The molecule has 6 heteroatoms. The van der Waals surface area contributed by atoms with Gasteiger partial charge in [-0.05, 0) is 36.4 Å². The molecule has 1 heterocycles. The van der Waals surface area contributed by atoms with Crippen LogP contribution < -0.4 is 10.6 Å². The van der Waals surface area contributed by atoms with Gasteiger partial charge in [0.25, 0.3) is 5.91 Å². The first-order valence-electron chi connectivity index (χ1n) is 7.34. The Labute approximate surface area is 139 Å². The molecule has 0 fully saturated rings. The molecule has 2 amide bonds. The summed E-state index contributed by atoms with van der Waals surface area (Å²) in [6.07, 6.45) is -0.777. The highest BCUT2D eigenvalue weighted by molar-refractivity contribution is 7.12. The van der Waals surface area contributed by atoms with Crippen molar-refractivity contribution >= 4 is 23.2 Å². The average Bonchev–Trinajstić information content (AvgIpc) is 3.07. The molecule has 0 radical (unpaired) electrons. The standard InChI is InChI=1S/C17H20N2O3S/c1-11-6-3-4-7-13(11)14(20)10-18-16(21)12(2)19-17(22)15-8-5-9-23-15/h3-9,12,14,20H,10H2,1-2H3,(H,18,21)(H,19,22). The average molecular weight is 332 g/mol. The molecule has 5 nitrogen and oxygen atoms in total. The van der Waals surface area contributed by atoms with Gasteiger partial charge in [-0.25, -0.2) is 0 Å². The van der Waals surface area contributed by atoms with Crippen molar-refractivity contribution in [1.82, 2.24) is 10.6 Å². The first-order chi connectivity index (χ1) is 11.0. The Kier molecular flexibility index (Phi) is 5.90. The molecule has 2 atom stereocenters. The molecule has 0 aliphatic carbocycles. The molecule has 0 saturated heterocycles. The predicted molar refractivity (Wildman–Crippen MR) is 90.4 cm³/mol. The molecule has 0 bridgehead atoms. The molecular formula is C17H20N2O3S. The lowest BCUT2D eigenvalue weighted by atomic mass is 10.0. The highest BCUT2D eigenvalue weighted by Gasteiger charge is 2.18. The Hall–Kier alpha value is -2.18. The lowest BCUT2D eigenvalue weighted by Crippen LogP contribution is -2.45. The van der Waals surface area contributed by atoms with Crippen LogP contribution in [-0.4, -0.2) is 29.5 Å². The zero-order valence-electron chi connectivity index (χ0n) is 13.1. The fourth-order valence-electron chi connectivity index (χ4n) is 2.16. The first-order valence-corrected chi connectivity index (χ1v) is 8.22. The van der Waals surface area contributed by atoms with Gasteiger partial charge in [0.2, 0.25) is 5.91 Å². The quantitative estimate of drug-likeness (QED) is 0.757. The van der Waals surface area contributed by atoms with Gasteiger partial charge in [-0.3, -0.25) is 9.59 Å². The Morgan fingerprint density at radius 2 is 1.96 bits per heavy atom. The zero-order chi connectivity index (χ0) is 16.8.